The quantitative estimate of drug-likeness (QED) is 0.879. The fourth-order valence-electron chi connectivity index (χ4n) is 3.12. The molecular formula is C16H18N6O2. The smallest absolute Gasteiger partial charge is 0.254 e. The minimum absolute atomic E-state index is 0.0138. The highest BCUT2D eigenvalue weighted by atomic mass is 16.5. The average molecular weight is 326 g/mol. The molecule has 24 heavy (non-hydrogen) atoms. The van der Waals surface area contributed by atoms with Gasteiger partial charge < -0.3 is 15.0 Å². The van der Waals surface area contributed by atoms with Crippen LogP contribution in [0.4, 0.5) is 5.95 Å². The number of hydrogen-bond donors (Lipinski definition) is 1. The fourth-order valence-corrected chi connectivity index (χ4v) is 3.12. The molecule has 2 aliphatic rings. The molecular weight excluding hydrogens is 308 g/mol. The first-order valence-electron chi connectivity index (χ1n) is 7.91. The van der Waals surface area contributed by atoms with Crippen molar-refractivity contribution in [3.63, 3.8) is 0 Å². The van der Waals surface area contributed by atoms with Crippen LogP contribution in [0, 0.1) is 0 Å². The van der Waals surface area contributed by atoms with Crippen LogP contribution < -0.4 is 5.32 Å². The summed E-state index contributed by atoms with van der Waals surface area (Å²) in [5, 5.41) is 7.47. The van der Waals surface area contributed by atoms with Gasteiger partial charge in [0, 0.05) is 25.0 Å². The van der Waals surface area contributed by atoms with Crippen molar-refractivity contribution in [3.8, 4) is 0 Å². The van der Waals surface area contributed by atoms with Crippen molar-refractivity contribution in [2.24, 2.45) is 0 Å². The highest BCUT2D eigenvalue weighted by molar-refractivity contribution is 5.96. The minimum Gasteiger partial charge on any atom is -0.378 e. The first-order chi connectivity index (χ1) is 11.8. The third kappa shape index (κ3) is 2.44. The van der Waals surface area contributed by atoms with Gasteiger partial charge in [-0.3, -0.25) is 9.78 Å². The number of ether oxygens (including phenoxy) is 1. The molecule has 2 aromatic rings. The van der Waals surface area contributed by atoms with Gasteiger partial charge in [-0.1, -0.05) is 6.07 Å². The molecule has 1 N–H and O–H groups in total. The summed E-state index contributed by atoms with van der Waals surface area (Å²) >= 11 is 0. The predicted molar refractivity (Wildman–Crippen MR) is 86.1 cm³/mol. The largest absolute Gasteiger partial charge is 0.378 e. The molecule has 1 saturated heterocycles. The summed E-state index contributed by atoms with van der Waals surface area (Å²) in [6, 6.07) is 5.28. The van der Waals surface area contributed by atoms with E-state index in [-0.39, 0.29) is 11.9 Å². The van der Waals surface area contributed by atoms with Crippen molar-refractivity contribution in [2.45, 2.75) is 13.0 Å². The van der Waals surface area contributed by atoms with Gasteiger partial charge >= 0.3 is 0 Å². The molecule has 2 aliphatic heterocycles. The maximum atomic E-state index is 13.2. The Kier molecular flexibility index (Phi) is 3.73. The number of rotatable bonds is 2. The number of hydrogen-bond acceptors (Lipinski definition) is 6. The Hall–Kier alpha value is -2.74. The number of nitrogens with zero attached hydrogens (tertiary/aromatic N) is 5. The lowest BCUT2D eigenvalue weighted by atomic mass is 9.98. The van der Waals surface area contributed by atoms with Gasteiger partial charge in [0.15, 0.2) is 0 Å². The molecule has 0 spiro atoms. The van der Waals surface area contributed by atoms with Crippen LogP contribution in [0.5, 0.6) is 0 Å². The Balaban J connectivity index is 1.78. The highest BCUT2D eigenvalue weighted by Gasteiger charge is 2.36. The van der Waals surface area contributed by atoms with Crippen LogP contribution in [0.3, 0.4) is 0 Å². The minimum atomic E-state index is -0.389. The summed E-state index contributed by atoms with van der Waals surface area (Å²) in [4.78, 5) is 23.7. The van der Waals surface area contributed by atoms with Crippen LogP contribution in [-0.2, 0) is 9.53 Å². The van der Waals surface area contributed by atoms with E-state index in [2.05, 4.69) is 20.4 Å². The van der Waals surface area contributed by atoms with E-state index in [0.717, 1.165) is 11.4 Å². The number of amides is 1. The van der Waals surface area contributed by atoms with E-state index in [0.29, 0.717) is 37.8 Å². The van der Waals surface area contributed by atoms with Crippen molar-refractivity contribution in [3.05, 3.63) is 47.7 Å². The number of anilines is 1. The summed E-state index contributed by atoms with van der Waals surface area (Å²) in [5.41, 5.74) is 2.19. The van der Waals surface area contributed by atoms with Crippen LogP contribution >= 0.6 is 0 Å². The number of carbonyl (C=O) groups is 1. The van der Waals surface area contributed by atoms with Gasteiger partial charge in [0.25, 0.3) is 5.91 Å². The Bertz CT molecular complexity index is 779. The van der Waals surface area contributed by atoms with E-state index in [1.807, 2.05) is 30.0 Å². The summed E-state index contributed by atoms with van der Waals surface area (Å²) in [6.45, 7) is 4.20. The zero-order chi connectivity index (χ0) is 16.5. The summed E-state index contributed by atoms with van der Waals surface area (Å²) in [5.74, 6) is 0.599. The molecule has 0 aromatic carbocycles. The molecule has 8 heteroatoms. The third-order valence-electron chi connectivity index (χ3n) is 4.29. The maximum absolute atomic E-state index is 13.2. The number of fused-ring (bicyclic) bond motifs is 1. The van der Waals surface area contributed by atoms with Crippen LogP contribution in [0.25, 0.3) is 0 Å². The van der Waals surface area contributed by atoms with E-state index in [9.17, 15) is 4.79 Å². The van der Waals surface area contributed by atoms with Gasteiger partial charge in [-0.05, 0) is 19.1 Å². The zero-order valence-electron chi connectivity index (χ0n) is 13.3. The van der Waals surface area contributed by atoms with Crippen molar-refractivity contribution >= 4 is 11.9 Å². The average Bonchev–Trinajstić information content (AvgIpc) is 3.09. The number of aromatic nitrogens is 4. The fraction of sp³-hybridized carbons (Fsp3) is 0.375. The van der Waals surface area contributed by atoms with Crippen LogP contribution in [-0.4, -0.2) is 56.9 Å². The number of morpholine rings is 1. The van der Waals surface area contributed by atoms with Gasteiger partial charge in [0.05, 0.1) is 24.5 Å². The van der Waals surface area contributed by atoms with Gasteiger partial charge in [0.1, 0.15) is 12.4 Å². The lowest BCUT2D eigenvalue weighted by Crippen LogP contribution is -2.44. The summed E-state index contributed by atoms with van der Waals surface area (Å²) in [6.07, 6.45) is 3.20. The topological polar surface area (TPSA) is 85.2 Å². The van der Waals surface area contributed by atoms with Gasteiger partial charge in [0.2, 0.25) is 5.95 Å². The summed E-state index contributed by atoms with van der Waals surface area (Å²) in [7, 11) is 0. The molecule has 0 saturated carbocycles. The van der Waals surface area contributed by atoms with E-state index < -0.39 is 0 Å². The van der Waals surface area contributed by atoms with E-state index in [1.54, 1.807) is 10.9 Å². The number of allylic oxidation sites excluding steroid dienone is 1. The van der Waals surface area contributed by atoms with E-state index in [1.165, 1.54) is 6.33 Å². The molecule has 1 fully saturated rings. The monoisotopic (exact) mass is 326 g/mol. The Labute approximate surface area is 139 Å². The normalized spacial score (nSPS) is 20.5. The maximum Gasteiger partial charge on any atom is 0.254 e. The molecule has 0 bridgehead atoms. The molecule has 2 aromatic heterocycles. The Morgan fingerprint density at radius 2 is 2.12 bits per heavy atom. The lowest BCUT2D eigenvalue weighted by molar-refractivity contribution is -0.131. The first kappa shape index (κ1) is 14.8. The van der Waals surface area contributed by atoms with Gasteiger partial charge in [-0.2, -0.15) is 10.1 Å². The molecule has 124 valence electrons. The van der Waals surface area contributed by atoms with Crippen LogP contribution in [0.2, 0.25) is 0 Å². The molecule has 1 unspecified atom stereocenters. The molecule has 0 aliphatic carbocycles. The summed E-state index contributed by atoms with van der Waals surface area (Å²) < 4.78 is 7.07. The SMILES string of the molecule is CC1=C(C(=O)N2CCOCC2)C(c2ccccn2)n2ncnc2N1. The standard InChI is InChI=1S/C16H18N6O2/c1-11-13(15(23)21-6-8-24-9-7-21)14(12-4-2-3-5-17-12)22-16(20-11)18-10-19-22/h2-5,10,14H,6-9H2,1H3,(H,18,19,20). The van der Waals surface area contributed by atoms with Crippen molar-refractivity contribution < 1.29 is 9.53 Å². The lowest BCUT2D eigenvalue weighted by Gasteiger charge is -2.33. The number of carbonyl (C=O) groups excluding carboxylic acids is 1. The zero-order valence-corrected chi connectivity index (χ0v) is 13.3. The van der Waals surface area contributed by atoms with E-state index in [4.69, 9.17) is 4.74 Å². The van der Waals surface area contributed by atoms with Crippen molar-refractivity contribution in [1.82, 2.24) is 24.6 Å². The first-order valence-corrected chi connectivity index (χ1v) is 7.91. The molecule has 4 rings (SSSR count). The van der Waals surface area contributed by atoms with Gasteiger partial charge in [-0.15, -0.1) is 0 Å². The van der Waals surface area contributed by atoms with Crippen LogP contribution in [0.1, 0.15) is 18.7 Å². The molecule has 1 amide bonds. The number of pyridine rings is 1. The molecule has 4 heterocycles. The Morgan fingerprint density at radius 1 is 1.29 bits per heavy atom. The van der Waals surface area contributed by atoms with E-state index >= 15 is 0 Å². The van der Waals surface area contributed by atoms with Crippen LogP contribution in [0.15, 0.2) is 42.0 Å². The number of nitrogens with one attached hydrogen (secondary N) is 1. The Morgan fingerprint density at radius 3 is 2.88 bits per heavy atom. The molecule has 0 radical (unpaired) electrons. The van der Waals surface area contributed by atoms with Crippen molar-refractivity contribution in [2.75, 3.05) is 31.6 Å². The molecule has 8 nitrogen and oxygen atoms in total. The second-order valence-electron chi connectivity index (χ2n) is 5.75. The third-order valence-corrected chi connectivity index (χ3v) is 4.29. The second-order valence-corrected chi connectivity index (χ2v) is 5.75. The van der Waals surface area contributed by atoms with Gasteiger partial charge in [-0.25, -0.2) is 4.68 Å². The predicted octanol–water partition coefficient (Wildman–Crippen LogP) is 0.821. The second kappa shape index (κ2) is 6.04. The molecule has 1 atom stereocenters. The van der Waals surface area contributed by atoms with Crippen molar-refractivity contribution in [1.29, 1.82) is 0 Å². The highest BCUT2D eigenvalue weighted by Crippen LogP contribution is 2.34.